The van der Waals surface area contributed by atoms with Crippen LogP contribution in [0.15, 0.2) is 12.2 Å². The molecule has 0 unspecified atom stereocenters. The molecule has 1 fully saturated rings. The molecular formula is C9H17N. The molecular weight excluding hydrogens is 122 g/mol. The molecule has 1 nitrogen and oxygen atoms in total. The summed E-state index contributed by atoms with van der Waals surface area (Å²) in [6, 6.07) is 0.728. The van der Waals surface area contributed by atoms with Gasteiger partial charge in [0.2, 0.25) is 0 Å². The fourth-order valence-corrected chi connectivity index (χ4v) is 1.52. The van der Waals surface area contributed by atoms with Gasteiger partial charge >= 0.3 is 0 Å². The predicted molar refractivity (Wildman–Crippen MR) is 45.1 cm³/mol. The third-order valence-corrected chi connectivity index (χ3v) is 2.01. The zero-order valence-corrected chi connectivity index (χ0v) is 6.82. The van der Waals surface area contributed by atoms with E-state index in [2.05, 4.69) is 18.8 Å². The second kappa shape index (κ2) is 3.77. The summed E-state index contributed by atoms with van der Waals surface area (Å²) in [5.74, 6) is 0. The second-order valence-corrected chi connectivity index (χ2v) is 3.31. The van der Waals surface area contributed by atoms with Crippen molar-refractivity contribution in [1.82, 2.24) is 5.32 Å². The van der Waals surface area contributed by atoms with Gasteiger partial charge in [0.25, 0.3) is 0 Å². The van der Waals surface area contributed by atoms with Gasteiger partial charge in [-0.25, -0.2) is 0 Å². The summed E-state index contributed by atoms with van der Waals surface area (Å²) in [7, 11) is 0. The van der Waals surface area contributed by atoms with Crippen molar-refractivity contribution in [3.63, 3.8) is 0 Å². The third kappa shape index (κ3) is 2.53. The van der Waals surface area contributed by atoms with Crippen molar-refractivity contribution in [3.8, 4) is 0 Å². The van der Waals surface area contributed by atoms with Crippen molar-refractivity contribution < 1.29 is 0 Å². The first-order valence-corrected chi connectivity index (χ1v) is 4.17. The van der Waals surface area contributed by atoms with Crippen LogP contribution in [0.5, 0.6) is 0 Å². The van der Waals surface area contributed by atoms with Gasteiger partial charge in [-0.05, 0) is 32.7 Å². The molecule has 0 aliphatic carbocycles. The van der Waals surface area contributed by atoms with E-state index in [0.717, 1.165) is 6.04 Å². The van der Waals surface area contributed by atoms with Crippen LogP contribution in [0.2, 0.25) is 0 Å². The first-order chi connectivity index (χ1) is 4.79. The highest BCUT2D eigenvalue weighted by Crippen LogP contribution is 2.12. The molecule has 0 aromatic carbocycles. The highest BCUT2D eigenvalue weighted by molar-refractivity contribution is 4.93. The summed E-state index contributed by atoms with van der Waals surface area (Å²) in [4.78, 5) is 0. The number of rotatable bonds is 2. The molecule has 0 spiro atoms. The summed E-state index contributed by atoms with van der Waals surface area (Å²) in [5.41, 5.74) is 1.31. The van der Waals surface area contributed by atoms with Crippen LogP contribution in [0.4, 0.5) is 0 Å². The first-order valence-electron chi connectivity index (χ1n) is 4.17. The molecule has 1 aliphatic heterocycles. The van der Waals surface area contributed by atoms with E-state index < -0.39 is 0 Å². The number of piperidine rings is 1. The van der Waals surface area contributed by atoms with Gasteiger partial charge in [0.1, 0.15) is 0 Å². The molecule has 1 heterocycles. The van der Waals surface area contributed by atoms with Gasteiger partial charge in [0, 0.05) is 6.04 Å². The van der Waals surface area contributed by atoms with Crippen molar-refractivity contribution in [2.45, 2.75) is 38.6 Å². The van der Waals surface area contributed by atoms with E-state index in [4.69, 9.17) is 0 Å². The Hall–Kier alpha value is -0.300. The summed E-state index contributed by atoms with van der Waals surface area (Å²) >= 11 is 0. The smallest absolute Gasteiger partial charge is 0.0104 e. The summed E-state index contributed by atoms with van der Waals surface area (Å²) in [6.07, 6.45) is 5.25. The Labute approximate surface area is 63.5 Å². The fraction of sp³-hybridized carbons (Fsp3) is 0.778. The Balaban J connectivity index is 2.19. The molecule has 10 heavy (non-hydrogen) atoms. The molecule has 58 valence electrons. The highest BCUT2D eigenvalue weighted by Gasteiger charge is 2.11. The standard InChI is InChI=1S/C9H17N/c1-8(2)7-9-5-3-4-6-10-9/h9-10H,1,3-7H2,2H3/t9-/m1/s1. The van der Waals surface area contributed by atoms with E-state index in [1.54, 1.807) is 0 Å². The summed E-state index contributed by atoms with van der Waals surface area (Å²) < 4.78 is 0. The van der Waals surface area contributed by atoms with E-state index in [9.17, 15) is 0 Å². The largest absolute Gasteiger partial charge is 0.314 e. The summed E-state index contributed by atoms with van der Waals surface area (Å²) in [5, 5.41) is 3.49. The molecule has 1 aliphatic rings. The van der Waals surface area contributed by atoms with Crippen molar-refractivity contribution in [3.05, 3.63) is 12.2 Å². The van der Waals surface area contributed by atoms with Crippen LogP contribution in [-0.2, 0) is 0 Å². The Bertz CT molecular complexity index is 112. The minimum absolute atomic E-state index is 0.728. The molecule has 0 bridgehead atoms. The zero-order valence-electron chi connectivity index (χ0n) is 6.82. The van der Waals surface area contributed by atoms with Crippen LogP contribution in [0, 0.1) is 0 Å². The SMILES string of the molecule is C=C(C)C[C@H]1CCCCN1. The van der Waals surface area contributed by atoms with Crippen LogP contribution in [0.1, 0.15) is 32.6 Å². The van der Waals surface area contributed by atoms with E-state index in [1.807, 2.05) is 0 Å². The lowest BCUT2D eigenvalue weighted by molar-refractivity contribution is 0.399. The fourth-order valence-electron chi connectivity index (χ4n) is 1.52. The van der Waals surface area contributed by atoms with Gasteiger partial charge in [0.15, 0.2) is 0 Å². The number of hydrogen-bond donors (Lipinski definition) is 1. The topological polar surface area (TPSA) is 12.0 Å². The van der Waals surface area contributed by atoms with Crippen molar-refractivity contribution in [2.24, 2.45) is 0 Å². The van der Waals surface area contributed by atoms with Crippen molar-refractivity contribution in [2.75, 3.05) is 6.54 Å². The predicted octanol–water partition coefficient (Wildman–Crippen LogP) is 2.09. The average Bonchev–Trinajstić information content (AvgIpc) is 1.88. The maximum Gasteiger partial charge on any atom is 0.0104 e. The van der Waals surface area contributed by atoms with E-state index in [1.165, 1.54) is 37.8 Å². The molecule has 0 aromatic heterocycles. The normalized spacial score (nSPS) is 26.3. The Morgan fingerprint density at radius 3 is 2.90 bits per heavy atom. The first kappa shape index (κ1) is 7.80. The molecule has 0 amide bonds. The van der Waals surface area contributed by atoms with Crippen molar-refractivity contribution in [1.29, 1.82) is 0 Å². The van der Waals surface area contributed by atoms with Crippen LogP contribution < -0.4 is 5.32 Å². The maximum atomic E-state index is 3.91. The molecule has 1 heteroatoms. The Morgan fingerprint density at radius 1 is 1.60 bits per heavy atom. The summed E-state index contributed by atoms with van der Waals surface area (Å²) in [6.45, 7) is 7.22. The molecule has 0 radical (unpaired) electrons. The molecule has 1 saturated heterocycles. The molecule has 1 rings (SSSR count). The van der Waals surface area contributed by atoms with Gasteiger partial charge in [-0.2, -0.15) is 0 Å². The number of nitrogens with one attached hydrogen (secondary N) is 1. The van der Waals surface area contributed by atoms with Gasteiger partial charge in [0.05, 0.1) is 0 Å². The quantitative estimate of drug-likeness (QED) is 0.578. The van der Waals surface area contributed by atoms with Gasteiger partial charge in [-0.3, -0.25) is 0 Å². The van der Waals surface area contributed by atoms with Gasteiger partial charge in [-0.1, -0.05) is 12.0 Å². The Kier molecular flexibility index (Phi) is 2.94. The van der Waals surface area contributed by atoms with Crippen LogP contribution in [0.25, 0.3) is 0 Å². The minimum Gasteiger partial charge on any atom is -0.314 e. The highest BCUT2D eigenvalue weighted by atomic mass is 14.9. The average molecular weight is 139 g/mol. The molecule has 0 saturated carbocycles. The second-order valence-electron chi connectivity index (χ2n) is 3.31. The zero-order chi connectivity index (χ0) is 7.40. The van der Waals surface area contributed by atoms with Crippen LogP contribution >= 0.6 is 0 Å². The Morgan fingerprint density at radius 2 is 2.40 bits per heavy atom. The number of hydrogen-bond acceptors (Lipinski definition) is 1. The van der Waals surface area contributed by atoms with Crippen molar-refractivity contribution >= 4 is 0 Å². The monoisotopic (exact) mass is 139 g/mol. The maximum absolute atomic E-state index is 3.91. The van der Waals surface area contributed by atoms with E-state index in [0.29, 0.717) is 0 Å². The molecule has 0 aromatic rings. The molecule has 1 N–H and O–H groups in total. The van der Waals surface area contributed by atoms with Crippen LogP contribution in [0.3, 0.4) is 0 Å². The van der Waals surface area contributed by atoms with E-state index in [-0.39, 0.29) is 0 Å². The van der Waals surface area contributed by atoms with E-state index >= 15 is 0 Å². The van der Waals surface area contributed by atoms with Gasteiger partial charge in [-0.15, -0.1) is 6.58 Å². The lowest BCUT2D eigenvalue weighted by Gasteiger charge is -2.23. The minimum atomic E-state index is 0.728. The lowest BCUT2D eigenvalue weighted by atomic mass is 9.99. The lowest BCUT2D eigenvalue weighted by Crippen LogP contribution is -2.33. The third-order valence-electron chi connectivity index (χ3n) is 2.01. The molecule has 1 atom stereocenters. The van der Waals surface area contributed by atoms with Gasteiger partial charge < -0.3 is 5.32 Å². The van der Waals surface area contributed by atoms with Crippen LogP contribution in [-0.4, -0.2) is 12.6 Å².